The number of rotatable bonds is 0. The van der Waals surface area contributed by atoms with Crippen molar-refractivity contribution in [2.75, 3.05) is 0 Å². The van der Waals surface area contributed by atoms with Gasteiger partial charge in [-0.1, -0.05) is 0 Å². The lowest BCUT2D eigenvalue weighted by Gasteiger charge is -1.62. The van der Waals surface area contributed by atoms with Crippen LogP contribution in [0.4, 0.5) is 0 Å². The molecule has 0 radical (unpaired) electrons. The van der Waals surface area contributed by atoms with E-state index in [0.717, 1.165) is 21.0 Å². The Morgan fingerprint density at radius 1 is 1.00 bits per heavy atom. The van der Waals surface area contributed by atoms with Gasteiger partial charge in [-0.05, 0) is 19.5 Å². The average molecular weight is 140 g/mol. The van der Waals surface area contributed by atoms with Gasteiger partial charge in [0.2, 0.25) is 0 Å². The van der Waals surface area contributed by atoms with Crippen LogP contribution in [0.5, 0.6) is 0 Å². The van der Waals surface area contributed by atoms with Crippen LogP contribution in [-0.2, 0) is 4.12 Å². The van der Waals surface area contributed by atoms with Crippen molar-refractivity contribution in [2.45, 2.75) is 0 Å². The number of hydrogen-bond donors (Lipinski definition) is 0. The molecule has 0 fully saturated rings. The van der Waals surface area contributed by atoms with E-state index >= 15 is 0 Å². The van der Waals surface area contributed by atoms with Crippen LogP contribution in [0.3, 0.4) is 0 Å². The molecule has 0 bridgehead atoms. The molecular formula is H12OSi4. The lowest BCUT2D eigenvalue weighted by molar-refractivity contribution is 0.690. The zero-order valence-electron chi connectivity index (χ0n) is 4.41. The molecule has 0 rings (SSSR count). The summed E-state index contributed by atoms with van der Waals surface area (Å²) in [5.74, 6) is 0. The molecule has 0 aromatic rings. The summed E-state index contributed by atoms with van der Waals surface area (Å²) in [6.07, 6.45) is 0. The monoisotopic (exact) mass is 140 g/mol. The molecule has 0 atom stereocenters. The second-order valence-electron chi connectivity index (χ2n) is 0.408. The molecule has 0 spiro atoms. The fraction of sp³-hybridized carbons (Fsp3) is 0. The molecule has 0 aromatic heterocycles. The van der Waals surface area contributed by atoms with E-state index in [1.54, 1.807) is 0 Å². The maximum Gasteiger partial charge on any atom is 0.129 e. The van der Waals surface area contributed by atoms with Crippen LogP contribution in [-0.4, -0.2) is 40.5 Å². The van der Waals surface area contributed by atoms with Crippen LogP contribution >= 0.6 is 0 Å². The van der Waals surface area contributed by atoms with E-state index < -0.39 is 0 Å². The van der Waals surface area contributed by atoms with Crippen molar-refractivity contribution in [1.29, 1.82) is 0 Å². The summed E-state index contributed by atoms with van der Waals surface area (Å²) in [4.78, 5) is 0. The van der Waals surface area contributed by atoms with Crippen molar-refractivity contribution in [1.82, 2.24) is 0 Å². The fourth-order valence-electron chi connectivity index (χ4n) is 0. The molecule has 5 heteroatoms. The molecular weight excluding hydrogens is 128 g/mol. The largest absolute Gasteiger partial charge is 0.471 e. The topological polar surface area (TPSA) is 9.23 Å². The molecule has 0 amide bonds. The maximum atomic E-state index is 4.53. The van der Waals surface area contributed by atoms with Gasteiger partial charge in [-0.25, -0.2) is 0 Å². The molecule has 0 aliphatic rings. The molecule has 5 heavy (non-hydrogen) atoms. The average Bonchev–Trinajstić information content (AvgIpc) is 1.46. The summed E-state index contributed by atoms with van der Waals surface area (Å²) >= 11 is 0. The molecule has 1 nitrogen and oxygen atoms in total. The van der Waals surface area contributed by atoms with E-state index in [4.69, 9.17) is 0 Å². The highest BCUT2D eigenvalue weighted by Gasteiger charge is 1.28. The van der Waals surface area contributed by atoms with Crippen LogP contribution in [0.2, 0.25) is 0 Å². The van der Waals surface area contributed by atoms with E-state index in [2.05, 4.69) is 4.12 Å². The minimum atomic E-state index is 0.931. The quantitative estimate of drug-likeness (QED) is 0.307. The van der Waals surface area contributed by atoms with Gasteiger partial charge in [-0.3, -0.25) is 0 Å². The van der Waals surface area contributed by atoms with Crippen molar-refractivity contribution in [2.24, 2.45) is 0 Å². The first-order chi connectivity index (χ1) is 2.41. The standard InChI is InChI=1S/H6OSi2.H6Si2/c2-1-3;1-2/h2-3H3;1-2H3. The Morgan fingerprint density at radius 3 is 1.00 bits per heavy atom. The smallest absolute Gasteiger partial charge is 0.129 e. The van der Waals surface area contributed by atoms with Gasteiger partial charge < -0.3 is 4.12 Å². The van der Waals surface area contributed by atoms with Crippen molar-refractivity contribution in [3.05, 3.63) is 0 Å². The summed E-state index contributed by atoms with van der Waals surface area (Å²) in [5, 5.41) is 0. The van der Waals surface area contributed by atoms with Gasteiger partial charge in [0.1, 0.15) is 21.0 Å². The summed E-state index contributed by atoms with van der Waals surface area (Å²) in [6, 6.07) is 0. The lowest BCUT2D eigenvalue weighted by atomic mass is 15.8. The van der Waals surface area contributed by atoms with E-state index in [1.807, 2.05) is 0 Å². The lowest BCUT2D eigenvalue weighted by Crippen LogP contribution is -1.65. The van der Waals surface area contributed by atoms with Crippen LogP contribution in [0.15, 0.2) is 0 Å². The predicted octanol–water partition coefficient (Wildman–Crippen LogP) is -4.80. The minimum absolute atomic E-state index is 0.931. The molecule has 0 saturated heterocycles. The normalized spacial score (nSPS) is 7.20. The molecule has 0 unspecified atom stereocenters. The zero-order chi connectivity index (χ0) is 4.71. The van der Waals surface area contributed by atoms with E-state index in [0.29, 0.717) is 0 Å². The van der Waals surface area contributed by atoms with Crippen LogP contribution < -0.4 is 0 Å². The van der Waals surface area contributed by atoms with Crippen molar-refractivity contribution >= 4 is 40.5 Å². The predicted molar refractivity (Wildman–Crippen MR) is 40.8 cm³/mol. The first-order valence-corrected chi connectivity index (χ1v) is 11.4. The van der Waals surface area contributed by atoms with Gasteiger partial charge in [-0.2, -0.15) is 0 Å². The summed E-state index contributed by atoms with van der Waals surface area (Å²) in [7, 11) is 4.75. The van der Waals surface area contributed by atoms with Gasteiger partial charge in [-0.15, -0.1) is 0 Å². The minimum Gasteiger partial charge on any atom is -0.471 e. The van der Waals surface area contributed by atoms with Crippen molar-refractivity contribution in [3.63, 3.8) is 0 Å². The molecule has 0 N–H and O–H groups in total. The second-order valence-corrected chi connectivity index (χ2v) is 3.67. The Labute approximate surface area is 45.2 Å². The summed E-state index contributed by atoms with van der Waals surface area (Å²) < 4.78 is 4.53. The Balaban J connectivity index is 0. The third kappa shape index (κ3) is 56.4. The third-order valence-corrected chi connectivity index (χ3v) is 0. The zero-order valence-corrected chi connectivity index (χ0v) is 12.4. The number of hydrogen-bond acceptors (Lipinski definition) is 1. The Kier molecular flexibility index (Phi) is 39.3. The molecule has 0 aliphatic heterocycles. The van der Waals surface area contributed by atoms with Gasteiger partial charge in [0.25, 0.3) is 0 Å². The Morgan fingerprint density at radius 2 is 1.00 bits per heavy atom. The van der Waals surface area contributed by atoms with Crippen LogP contribution in [0.25, 0.3) is 0 Å². The molecule has 34 valence electrons. The highest BCUT2D eigenvalue weighted by Crippen LogP contribution is 1.20. The second kappa shape index (κ2) is 21.2. The van der Waals surface area contributed by atoms with Crippen molar-refractivity contribution < 1.29 is 4.12 Å². The van der Waals surface area contributed by atoms with Gasteiger partial charge >= 0.3 is 0 Å². The highest BCUT2D eigenvalue weighted by atomic mass is 29.1. The maximum absolute atomic E-state index is 4.53. The molecule has 0 aromatic carbocycles. The molecule has 0 heterocycles. The Hall–Kier alpha value is 0.828. The molecule has 0 saturated carbocycles. The summed E-state index contributed by atoms with van der Waals surface area (Å²) in [5.41, 5.74) is 0. The van der Waals surface area contributed by atoms with Gasteiger partial charge in [0, 0.05) is 0 Å². The molecule has 0 aliphatic carbocycles. The van der Waals surface area contributed by atoms with Gasteiger partial charge in [0.05, 0.1) is 0 Å². The SMILES string of the molecule is [SiH3]O[SiH3].[SiH3][SiH3]. The first-order valence-electron chi connectivity index (χ1n) is 1.82. The highest BCUT2D eigenvalue weighted by molar-refractivity contribution is 6.75. The van der Waals surface area contributed by atoms with E-state index in [1.165, 1.54) is 19.5 Å². The van der Waals surface area contributed by atoms with Crippen LogP contribution in [0.1, 0.15) is 0 Å². The van der Waals surface area contributed by atoms with E-state index in [-0.39, 0.29) is 0 Å². The fourth-order valence-corrected chi connectivity index (χ4v) is 0. The van der Waals surface area contributed by atoms with Gasteiger partial charge in [0.15, 0.2) is 0 Å². The van der Waals surface area contributed by atoms with E-state index in [9.17, 15) is 0 Å². The third-order valence-electron chi connectivity index (χ3n) is 0. The Bertz CT molecular complexity index is 3.61. The summed E-state index contributed by atoms with van der Waals surface area (Å²) in [6.45, 7) is 0. The van der Waals surface area contributed by atoms with Crippen LogP contribution in [0, 0.1) is 0 Å². The first kappa shape index (κ1) is 9.27. The van der Waals surface area contributed by atoms with Crippen molar-refractivity contribution in [3.8, 4) is 0 Å².